The highest BCUT2D eigenvalue weighted by Gasteiger charge is 2.32. The Morgan fingerprint density at radius 1 is 1.00 bits per heavy atom. The van der Waals surface area contributed by atoms with E-state index in [1.165, 1.54) is 17.3 Å². The number of carbonyl (C=O) groups excluding carboxylic acids is 1. The SMILES string of the molecule is O=C(CSC1=Nc2ccccc2C2CC=NN12)Nc1ccccc1-c1ccccc1. The lowest BCUT2D eigenvalue weighted by molar-refractivity contribution is -0.113. The van der Waals surface area contributed by atoms with Gasteiger partial charge < -0.3 is 5.32 Å². The van der Waals surface area contributed by atoms with Crippen LogP contribution in [0.25, 0.3) is 11.1 Å². The van der Waals surface area contributed by atoms with Gasteiger partial charge in [-0.05, 0) is 17.7 Å². The van der Waals surface area contributed by atoms with Crippen LogP contribution >= 0.6 is 11.8 Å². The van der Waals surface area contributed by atoms with Crippen molar-refractivity contribution in [3.63, 3.8) is 0 Å². The van der Waals surface area contributed by atoms with E-state index in [2.05, 4.69) is 16.5 Å². The molecule has 0 spiro atoms. The Hall–Kier alpha value is -3.38. The maximum absolute atomic E-state index is 12.7. The summed E-state index contributed by atoms with van der Waals surface area (Å²) in [5.41, 5.74) is 5.03. The van der Waals surface area contributed by atoms with Crippen LogP contribution in [0.4, 0.5) is 11.4 Å². The fraction of sp³-hybridized carbons (Fsp3) is 0.125. The largest absolute Gasteiger partial charge is 0.325 e. The minimum atomic E-state index is -0.0651. The van der Waals surface area contributed by atoms with Crippen LogP contribution in [-0.2, 0) is 4.79 Å². The number of thioether (sulfide) groups is 1. The van der Waals surface area contributed by atoms with Gasteiger partial charge in [0.25, 0.3) is 0 Å². The second kappa shape index (κ2) is 8.16. The van der Waals surface area contributed by atoms with E-state index in [1.807, 2.05) is 84.0 Å². The fourth-order valence-corrected chi connectivity index (χ4v) is 4.56. The number of amidine groups is 1. The first kappa shape index (κ1) is 18.6. The molecular weight excluding hydrogens is 392 g/mol. The molecule has 1 atom stereocenters. The van der Waals surface area contributed by atoms with Crippen molar-refractivity contribution in [3.05, 3.63) is 84.4 Å². The molecule has 0 saturated heterocycles. The van der Waals surface area contributed by atoms with Crippen LogP contribution in [0.5, 0.6) is 0 Å². The molecule has 2 aliphatic rings. The van der Waals surface area contributed by atoms with E-state index in [1.54, 1.807) is 0 Å². The van der Waals surface area contributed by atoms with Crippen LogP contribution in [0.2, 0.25) is 0 Å². The van der Waals surface area contributed by atoms with Crippen LogP contribution in [0.3, 0.4) is 0 Å². The van der Waals surface area contributed by atoms with E-state index in [0.29, 0.717) is 0 Å². The van der Waals surface area contributed by atoms with Gasteiger partial charge in [0.2, 0.25) is 5.91 Å². The van der Waals surface area contributed by atoms with Crippen molar-refractivity contribution in [1.82, 2.24) is 5.01 Å². The molecule has 2 heterocycles. The van der Waals surface area contributed by atoms with Gasteiger partial charge in [0.05, 0.1) is 17.5 Å². The lowest BCUT2D eigenvalue weighted by Crippen LogP contribution is -2.29. The molecule has 6 heteroatoms. The molecule has 0 bridgehead atoms. The lowest BCUT2D eigenvalue weighted by Gasteiger charge is -2.29. The normalized spacial score (nSPS) is 16.6. The van der Waals surface area contributed by atoms with Gasteiger partial charge in [-0.1, -0.05) is 78.5 Å². The molecule has 0 aliphatic carbocycles. The van der Waals surface area contributed by atoms with Gasteiger partial charge >= 0.3 is 0 Å². The molecule has 0 aromatic heterocycles. The molecule has 148 valence electrons. The predicted octanol–water partition coefficient (Wildman–Crippen LogP) is 5.46. The molecule has 1 amide bonds. The summed E-state index contributed by atoms with van der Waals surface area (Å²) >= 11 is 1.42. The monoisotopic (exact) mass is 412 g/mol. The van der Waals surface area contributed by atoms with Gasteiger partial charge in [-0.3, -0.25) is 4.79 Å². The highest BCUT2D eigenvalue weighted by atomic mass is 32.2. The standard InChI is InChI=1S/C24H20N4OS/c29-23(26-20-12-6-4-10-18(20)17-8-2-1-3-9-17)16-30-24-27-21-13-7-5-11-19(21)22-14-15-25-28(22)24/h1-13,15,22H,14,16H2,(H,26,29). The maximum Gasteiger partial charge on any atom is 0.234 e. The number of aliphatic imine (C=N–C) groups is 1. The smallest absolute Gasteiger partial charge is 0.234 e. The zero-order valence-corrected chi connectivity index (χ0v) is 17.0. The minimum Gasteiger partial charge on any atom is -0.325 e. The van der Waals surface area contributed by atoms with E-state index >= 15 is 0 Å². The summed E-state index contributed by atoms with van der Waals surface area (Å²) in [6.45, 7) is 0. The van der Waals surface area contributed by atoms with Crippen LogP contribution in [0, 0.1) is 0 Å². The van der Waals surface area contributed by atoms with Crippen molar-refractivity contribution < 1.29 is 4.79 Å². The van der Waals surface area contributed by atoms with Gasteiger partial charge in [0.1, 0.15) is 0 Å². The van der Waals surface area contributed by atoms with Crippen molar-refractivity contribution in [2.75, 3.05) is 11.1 Å². The molecule has 0 saturated carbocycles. The van der Waals surface area contributed by atoms with Gasteiger partial charge in [0, 0.05) is 29.4 Å². The zero-order chi connectivity index (χ0) is 20.3. The summed E-state index contributed by atoms with van der Waals surface area (Å²) in [4.78, 5) is 17.5. The third-order valence-corrected chi connectivity index (χ3v) is 6.10. The number of carbonyl (C=O) groups is 1. The predicted molar refractivity (Wildman–Crippen MR) is 124 cm³/mol. The highest BCUT2D eigenvalue weighted by molar-refractivity contribution is 8.14. The molecule has 1 unspecified atom stereocenters. The molecule has 2 aliphatic heterocycles. The highest BCUT2D eigenvalue weighted by Crippen LogP contribution is 2.40. The molecule has 0 fully saturated rings. The van der Waals surface area contributed by atoms with E-state index in [9.17, 15) is 4.79 Å². The Labute approximate surface area is 179 Å². The van der Waals surface area contributed by atoms with Gasteiger partial charge in [-0.15, -0.1) is 0 Å². The molecular formula is C24H20N4OS. The molecule has 1 N–H and O–H groups in total. The third kappa shape index (κ3) is 3.62. The number of benzene rings is 3. The average Bonchev–Trinajstić information content (AvgIpc) is 3.29. The van der Waals surface area contributed by atoms with Crippen molar-refractivity contribution in [2.24, 2.45) is 10.1 Å². The van der Waals surface area contributed by atoms with Gasteiger partial charge in [-0.25, -0.2) is 10.0 Å². The van der Waals surface area contributed by atoms with Crippen LogP contribution < -0.4 is 5.32 Å². The van der Waals surface area contributed by atoms with E-state index in [-0.39, 0.29) is 17.7 Å². The summed E-state index contributed by atoms with van der Waals surface area (Å²) in [6, 6.07) is 26.2. The Bertz CT molecular complexity index is 1140. The molecule has 3 aromatic rings. The van der Waals surface area contributed by atoms with Crippen molar-refractivity contribution >= 4 is 40.4 Å². The topological polar surface area (TPSA) is 57.1 Å². The maximum atomic E-state index is 12.7. The van der Waals surface area contributed by atoms with Crippen LogP contribution in [0.1, 0.15) is 18.0 Å². The molecule has 5 rings (SSSR count). The summed E-state index contributed by atoms with van der Waals surface area (Å²) in [5, 5.41) is 10.2. The van der Waals surface area contributed by atoms with E-state index < -0.39 is 0 Å². The molecule has 30 heavy (non-hydrogen) atoms. The quantitative estimate of drug-likeness (QED) is 0.619. The second-order valence-electron chi connectivity index (χ2n) is 7.10. The fourth-order valence-electron chi connectivity index (χ4n) is 3.76. The molecule has 5 nitrogen and oxygen atoms in total. The van der Waals surface area contributed by atoms with Crippen LogP contribution in [-0.4, -0.2) is 28.1 Å². The number of nitrogens with zero attached hydrogens (tertiary/aromatic N) is 3. The number of amides is 1. The molecule has 3 aromatic carbocycles. The first-order valence-electron chi connectivity index (χ1n) is 9.86. The summed E-state index contributed by atoms with van der Waals surface area (Å²) < 4.78 is 0. The van der Waals surface area contributed by atoms with E-state index in [4.69, 9.17) is 4.99 Å². The average molecular weight is 413 g/mol. The summed E-state index contributed by atoms with van der Waals surface area (Å²) in [7, 11) is 0. The molecule has 0 radical (unpaired) electrons. The Balaban J connectivity index is 1.31. The van der Waals surface area contributed by atoms with Crippen LogP contribution in [0.15, 0.2) is 89.0 Å². The third-order valence-electron chi connectivity index (χ3n) is 5.16. The first-order valence-corrected chi connectivity index (χ1v) is 10.8. The Morgan fingerprint density at radius 3 is 2.67 bits per heavy atom. The number of nitrogens with one attached hydrogen (secondary N) is 1. The van der Waals surface area contributed by atoms with Crippen molar-refractivity contribution in [2.45, 2.75) is 12.5 Å². The minimum absolute atomic E-state index is 0.0651. The van der Waals surface area contributed by atoms with E-state index in [0.717, 1.165) is 34.1 Å². The number of para-hydroxylation sites is 2. The number of hydrogen-bond donors (Lipinski definition) is 1. The zero-order valence-electron chi connectivity index (χ0n) is 16.2. The summed E-state index contributed by atoms with van der Waals surface area (Å²) in [6.07, 6.45) is 2.77. The van der Waals surface area contributed by atoms with Crippen molar-refractivity contribution in [3.8, 4) is 11.1 Å². The number of fused-ring (bicyclic) bond motifs is 3. The van der Waals surface area contributed by atoms with Gasteiger partial charge in [-0.2, -0.15) is 5.10 Å². The number of hydrazone groups is 1. The second-order valence-corrected chi connectivity index (χ2v) is 8.04. The number of rotatable bonds is 4. The lowest BCUT2D eigenvalue weighted by atomic mass is 10.0. The Kier molecular flexibility index (Phi) is 5.07. The number of anilines is 1. The number of hydrogen-bond acceptors (Lipinski definition) is 5. The summed E-state index contributed by atoms with van der Waals surface area (Å²) in [5.74, 6) is 0.202. The Morgan fingerprint density at radius 2 is 1.77 bits per heavy atom. The van der Waals surface area contributed by atoms with Gasteiger partial charge in [0.15, 0.2) is 5.17 Å². The first-order chi connectivity index (χ1) is 14.8. The van der Waals surface area contributed by atoms with Crippen molar-refractivity contribution in [1.29, 1.82) is 0 Å².